The number of imide groups is 1. The summed E-state index contributed by atoms with van der Waals surface area (Å²) in [4.78, 5) is 60.5. The number of amides is 2. The highest BCUT2D eigenvalue weighted by Gasteiger charge is 2.37. The molecule has 1 aliphatic rings. The van der Waals surface area contributed by atoms with Crippen LogP contribution in [0.15, 0.2) is 21.8 Å². The molecular weight excluding hydrogens is 428 g/mol. The summed E-state index contributed by atoms with van der Waals surface area (Å²) in [5.74, 6) is -1.36. The van der Waals surface area contributed by atoms with Gasteiger partial charge in [0.15, 0.2) is 0 Å². The van der Waals surface area contributed by atoms with Gasteiger partial charge in [0, 0.05) is 20.2 Å². The molecule has 1 fully saturated rings. The molecule has 0 aliphatic carbocycles. The number of aryl methyl sites for hydroxylation is 2. The van der Waals surface area contributed by atoms with Crippen molar-refractivity contribution in [1.82, 2.24) is 14.0 Å². The van der Waals surface area contributed by atoms with Crippen molar-refractivity contribution in [2.75, 3.05) is 13.2 Å². The topological polar surface area (TPSA) is 134 Å². The number of carbonyl (C=O) groups excluding carboxylic acids is 3. The Hall–Kier alpha value is -3.41. The highest BCUT2D eigenvalue weighted by atomic mass is 32.2. The molecule has 2 heterocycles. The first-order chi connectivity index (χ1) is 14.5. The van der Waals surface area contributed by atoms with Crippen LogP contribution in [-0.4, -0.2) is 49.2 Å². The van der Waals surface area contributed by atoms with Gasteiger partial charge in [-0.3, -0.25) is 38.5 Å². The highest BCUT2D eigenvalue weighted by Crippen LogP contribution is 2.35. The van der Waals surface area contributed by atoms with Crippen LogP contribution in [-0.2, 0) is 28.4 Å². The van der Waals surface area contributed by atoms with Gasteiger partial charge in [0.2, 0.25) is 0 Å². The molecule has 0 unspecified atom stereocenters. The monoisotopic (exact) mass is 448 g/mol. The molecular formula is C19H20N4O7S. The Morgan fingerprint density at radius 3 is 2.39 bits per heavy atom. The van der Waals surface area contributed by atoms with Crippen LogP contribution in [0.4, 0.5) is 10.5 Å². The molecule has 1 aliphatic heterocycles. The first-order valence-corrected chi connectivity index (χ1v) is 10.1. The number of rotatable bonds is 6. The molecule has 11 nitrogen and oxygen atoms in total. The maximum Gasteiger partial charge on any atom is 0.328 e. The van der Waals surface area contributed by atoms with Crippen molar-refractivity contribution in [3.8, 4) is 0 Å². The average Bonchev–Trinajstić information content (AvgIpc) is 3.08. The molecule has 2 aromatic rings. The van der Waals surface area contributed by atoms with Crippen LogP contribution < -0.4 is 5.69 Å². The number of imidazole rings is 1. The van der Waals surface area contributed by atoms with E-state index in [2.05, 4.69) is 0 Å². The molecule has 12 heteroatoms. The van der Waals surface area contributed by atoms with Crippen molar-refractivity contribution in [2.24, 2.45) is 20.0 Å². The Kier molecular flexibility index (Phi) is 6.02. The van der Waals surface area contributed by atoms with Gasteiger partial charge in [-0.05, 0) is 29.8 Å². The fourth-order valence-electron chi connectivity index (χ4n) is 3.04. The number of hydrogen-bond donors (Lipinski definition) is 0. The lowest BCUT2D eigenvalue weighted by Crippen LogP contribution is -2.34. The van der Waals surface area contributed by atoms with E-state index in [-0.39, 0.29) is 34.4 Å². The maximum absolute atomic E-state index is 12.6. The Labute approximate surface area is 180 Å². The second kappa shape index (κ2) is 8.38. The van der Waals surface area contributed by atoms with E-state index in [0.717, 1.165) is 4.90 Å². The number of nitro groups is 1. The standard InChI is InChI=1S/C19H20N4O7S/c1-10(2)9-30-16(24)8-22-17(25)15(31-19(22)27)6-11-5-13-14(7-12(11)23(28)29)21(4)18(26)20(13)3/h5-7,10H,8-9H2,1-4H3/b15-6-. The predicted octanol–water partition coefficient (Wildman–Crippen LogP) is 2.02. The lowest BCUT2D eigenvalue weighted by molar-refractivity contribution is -0.385. The van der Waals surface area contributed by atoms with E-state index in [0.29, 0.717) is 22.8 Å². The van der Waals surface area contributed by atoms with E-state index in [1.807, 2.05) is 13.8 Å². The lowest BCUT2D eigenvalue weighted by Gasteiger charge is -2.12. The lowest BCUT2D eigenvalue weighted by atomic mass is 10.1. The molecule has 0 atom stereocenters. The van der Waals surface area contributed by atoms with E-state index in [1.54, 1.807) is 0 Å². The number of fused-ring (bicyclic) bond motifs is 1. The van der Waals surface area contributed by atoms with E-state index < -0.39 is 28.6 Å². The fraction of sp³-hybridized carbons (Fsp3) is 0.368. The second-order valence-electron chi connectivity index (χ2n) is 7.40. The van der Waals surface area contributed by atoms with Crippen LogP contribution >= 0.6 is 11.8 Å². The minimum atomic E-state index is -0.743. The zero-order valence-corrected chi connectivity index (χ0v) is 18.1. The predicted molar refractivity (Wildman–Crippen MR) is 113 cm³/mol. The molecule has 1 saturated heterocycles. The van der Waals surface area contributed by atoms with Gasteiger partial charge in [-0.25, -0.2) is 4.79 Å². The van der Waals surface area contributed by atoms with Crippen LogP contribution in [0.1, 0.15) is 19.4 Å². The first-order valence-electron chi connectivity index (χ1n) is 9.26. The molecule has 164 valence electrons. The molecule has 1 aromatic heterocycles. The third-order valence-corrected chi connectivity index (χ3v) is 5.55. The van der Waals surface area contributed by atoms with Gasteiger partial charge >= 0.3 is 11.7 Å². The van der Waals surface area contributed by atoms with Gasteiger partial charge in [-0.15, -0.1) is 0 Å². The largest absolute Gasteiger partial charge is 0.464 e. The molecule has 0 radical (unpaired) electrons. The summed E-state index contributed by atoms with van der Waals surface area (Å²) >= 11 is 0.576. The number of esters is 1. The summed E-state index contributed by atoms with van der Waals surface area (Å²) in [6.07, 6.45) is 1.22. The van der Waals surface area contributed by atoms with Crippen molar-refractivity contribution < 1.29 is 24.0 Å². The number of benzene rings is 1. The smallest absolute Gasteiger partial charge is 0.328 e. The third-order valence-electron chi connectivity index (χ3n) is 4.64. The van der Waals surface area contributed by atoms with Gasteiger partial charge in [0.05, 0.1) is 33.0 Å². The number of nitro benzene ring substituents is 1. The SMILES string of the molecule is CC(C)COC(=O)CN1C(=O)S/C(=C\c2cc3c(cc2[N+](=O)[O-])n(C)c(=O)n3C)C1=O. The van der Waals surface area contributed by atoms with Gasteiger partial charge < -0.3 is 4.74 Å². The number of ether oxygens (including phenoxy) is 1. The van der Waals surface area contributed by atoms with Crippen LogP contribution in [0.3, 0.4) is 0 Å². The van der Waals surface area contributed by atoms with E-state index in [1.165, 1.54) is 41.4 Å². The summed E-state index contributed by atoms with van der Waals surface area (Å²) < 4.78 is 7.61. The van der Waals surface area contributed by atoms with Crippen LogP contribution in [0.2, 0.25) is 0 Å². The van der Waals surface area contributed by atoms with Gasteiger partial charge in [-0.2, -0.15) is 0 Å². The van der Waals surface area contributed by atoms with Crippen molar-refractivity contribution in [1.29, 1.82) is 0 Å². The Balaban J connectivity index is 1.97. The molecule has 0 saturated carbocycles. The number of nitrogens with zero attached hydrogens (tertiary/aromatic N) is 4. The third kappa shape index (κ3) is 4.24. The van der Waals surface area contributed by atoms with Gasteiger partial charge in [-0.1, -0.05) is 13.8 Å². The summed E-state index contributed by atoms with van der Waals surface area (Å²) in [5.41, 5.74) is 0.170. The fourth-order valence-corrected chi connectivity index (χ4v) is 3.87. The van der Waals surface area contributed by atoms with Crippen molar-refractivity contribution in [3.05, 3.63) is 43.2 Å². The summed E-state index contributed by atoms with van der Waals surface area (Å²) in [6.45, 7) is 3.32. The van der Waals surface area contributed by atoms with Crippen molar-refractivity contribution >= 4 is 51.7 Å². The first kappa shape index (κ1) is 22.3. The number of carbonyl (C=O) groups is 3. The van der Waals surface area contributed by atoms with Crippen LogP contribution in [0, 0.1) is 16.0 Å². The number of aromatic nitrogens is 2. The summed E-state index contributed by atoms with van der Waals surface area (Å²) in [5, 5.41) is 10.9. The highest BCUT2D eigenvalue weighted by molar-refractivity contribution is 8.18. The molecule has 0 bridgehead atoms. The normalized spacial score (nSPS) is 15.5. The number of thioether (sulfide) groups is 1. The van der Waals surface area contributed by atoms with E-state index in [9.17, 15) is 29.3 Å². The molecule has 1 aromatic carbocycles. The quantitative estimate of drug-likeness (QED) is 0.284. The van der Waals surface area contributed by atoms with Crippen LogP contribution in [0.5, 0.6) is 0 Å². The maximum atomic E-state index is 12.6. The Bertz CT molecular complexity index is 1210. The molecule has 2 amide bonds. The molecule has 0 spiro atoms. The Morgan fingerprint density at radius 1 is 1.19 bits per heavy atom. The summed E-state index contributed by atoms with van der Waals surface area (Å²) in [7, 11) is 3.02. The minimum Gasteiger partial charge on any atom is -0.464 e. The van der Waals surface area contributed by atoms with E-state index in [4.69, 9.17) is 4.74 Å². The summed E-state index contributed by atoms with van der Waals surface area (Å²) in [6, 6.07) is 2.66. The minimum absolute atomic E-state index is 0.0617. The molecule has 31 heavy (non-hydrogen) atoms. The molecule has 0 N–H and O–H groups in total. The molecule has 3 rings (SSSR count). The van der Waals surface area contributed by atoms with Crippen molar-refractivity contribution in [3.63, 3.8) is 0 Å². The zero-order valence-electron chi connectivity index (χ0n) is 17.3. The van der Waals surface area contributed by atoms with Gasteiger partial charge in [0.25, 0.3) is 16.8 Å². The average molecular weight is 448 g/mol. The van der Waals surface area contributed by atoms with E-state index >= 15 is 0 Å². The second-order valence-corrected chi connectivity index (χ2v) is 8.40. The van der Waals surface area contributed by atoms with Crippen molar-refractivity contribution in [2.45, 2.75) is 13.8 Å². The van der Waals surface area contributed by atoms with Gasteiger partial charge in [0.1, 0.15) is 6.54 Å². The van der Waals surface area contributed by atoms with Crippen LogP contribution in [0.25, 0.3) is 17.1 Å². The Morgan fingerprint density at radius 2 is 1.81 bits per heavy atom. The zero-order chi connectivity index (χ0) is 23.0. The number of hydrogen-bond acceptors (Lipinski definition) is 8.